The summed E-state index contributed by atoms with van der Waals surface area (Å²) in [5.41, 5.74) is 6.13. The molecule has 1 saturated carbocycles. The van der Waals surface area contributed by atoms with E-state index in [0.717, 1.165) is 19.3 Å². The fourth-order valence-corrected chi connectivity index (χ4v) is 3.17. The van der Waals surface area contributed by atoms with E-state index >= 15 is 0 Å². The lowest BCUT2D eigenvalue weighted by molar-refractivity contribution is -0.130. The Morgan fingerprint density at radius 3 is 2.64 bits per heavy atom. The predicted molar refractivity (Wildman–Crippen MR) is 96.9 cm³/mol. The van der Waals surface area contributed by atoms with Crippen molar-refractivity contribution in [3.63, 3.8) is 0 Å². The van der Waals surface area contributed by atoms with Gasteiger partial charge >= 0.3 is 5.97 Å². The Morgan fingerprint density at radius 1 is 1.32 bits per heavy atom. The number of hydrogen-bond donors (Lipinski definition) is 2. The molecule has 25 heavy (non-hydrogen) atoms. The maximum absolute atomic E-state index is 12.4. The van der Waals surface area contributed by atoms with Crippen molar-refractivity contribution in [1.82, 2.24) is 5.32 Å². The van der Waals surface area contributed by atoms with Crippen LogP contribution in [0.3, 0.4) is 0 Å². The number of nitrogens with two attached hydrogens (primary N) is 1. The maximum Gasteiger partial charge on any atom is 0.342 e. The molecule has 3 atom stereocenters. The molecule has 1 amide bonds. The van der Waals surface area contributed by atoms with Gasteiger partial charge in [-0.05, 0) is 31.7 Å². The lowest BCUT2D eigenvalue weighted by Crippen LogP contribution is -2.46. The first-order valence-corrected chi connectivity index (χ1v) is 8.85. The molecular weight excluding hydrogens is 344 g/mol. The fourth-order valence-electron chi connectivity index (χ4n) is 3.01. The van der Waals surface area contributed by atoms with Gasteiger partial charge in [0.2, 0.25) is 0 Å². The molecular formula is C18H25ClN2O4. The van der Waals surface area contributed by atoms with Crippen LogP contribution in [-0.2, 0) is 9.53 Å². The van der Waals surface area contributed by atoms with Crippen LogP contribution in [0.2, 0.25) is 5.02 Å². The first-order valence-electron chi connectivity index (χ1n) is 8.47. The van der Waals surface area contributed by atoms with Gasteiger partial charge in [-0.3, -0.25) is 4.79 Å². The van der Waals surface area contributed by atoms with Gasteiger partial charge in [-0.2, -0.15) is 0 Å². The van der Waals surface area contributed by atoms with Crippen LogP contribution in [0.15, 0.2) is 12.1 Å². The largest absolute Gasteiger partial charge is 0.496 e. The third kappa shape index (κ3) is 4.78. The lowest BCUT2D eigenvalue weighted by Gasteiger charge is -2.30. The molecule has 0 saturated heterocycles. The zero-order valence-corrected chi connectivity index (χ0v) is 15.6. The first-order chi connectivity index (χ1) is 11.8. The SMILES string of the molecule is COc1cc(N)c(Cl)cc1C(=O)O[C@H](C)C(=O)N[C@H]1CCCC[C@@H]1C. The number of halogens is 1. The number of hydrogen-bond acceptors (Lipinski definition) is 5. The van der Waals surface area contributed by atoms with Gasteiger partial charge in [-0.25, -0.2) is 4.79 Å². The second kappa shape index (κ2) is 8.43. The summed E-state index contributed by atoms with van der Waals surface area (Å²) in [5, 5.41) is 3.20. The van der Waals surface area contributed by atoms with E-state index in [4.69, 9.17) is 26.8 Å². The molecule has 7 heteroatoms. The van der Waals surface area contributed by atoms with Crippen molar-refractivity contribution >= 4 is 29.2 Å². The Balaban J connectivity index is 2.02. The summed E-state index contributed by atoms with van der Waals surface area (Å²) >= 11 is 5.96. The van der Waals surface area contributed by atoms with Crippen LogP contribution in [0.25, 0.3) is 0 Å². The molecule has 3 N–H and O–H groups in total. The summed E-state index contributed by atoms with van der Waals surface area (Å²) in [6.07, 6.45) is 3.43. The van der Waals surface area contributed by atoms with Gasteiger partial charge in [0.15, 0.2) is 6.10 Å². The van der Waals surface area contributed by atoms with E-state index in [1.165, 1.54) is 25.7 Å². The number of benzene rings is 1. The summed E-state index contributed by atoms with van der Waals surface area (Å²) in [7, 11) is 1.42. The van der Waals surface area contributed by atoms with E-state index in [2.05, 4.69) is 12.2 Å². The topological polar surface area (TPSA) is 90.7 Å². The average Bonchev–Trinajstić information content (AvgIpc) is 2.58. The number of nitrogen functional groups attached to an aromatic ring is 1. The molecule has 0 spiro atoms. The number of amides is 1. The van der Waals surface area contributed by atoms with Gasteiger partial charge in [-0.1, -0.05) is 31.4 Å². The van der Waals surface area contributed by atoms with Gasteiger partial charge < -0.3 is 20.5 Å². The molecule has 0 aromatic heterocycles. The minimum absolute atomic E-state index is 0.128. The van der Waals surface area contributed by atoms with Crippen LogP contribution < -0.4 is 15.8 Å². The zero-order chi connectivity index (χ0) is 18.6. The predicted octanol–water partition coefficient (Wildman–Crippen LogP) is 3.17. The van der Waals surface area contributed by atoms with E-state index < -0.39 is 12.1 Å². The monoisotopic (exact) mass is 368 g/mol. The number of ether oxygens (including phenoxy) is 2. The molecule has 1 fully saturated rings. The Morgan fingerprint density at radius 2 is 2.00 bits per heavy atom. The molecule has 1 aromatic carbocycles. The average molecular weight is 369 g/mol. The van der Waals surface area contributed by atoms with Gasteiger partial charge in [0, 0.05) is 12.1 Å². The number of anilines is 1. The Bertz CT molecular complexity index is 650. The van der Waals surface area contributed by atoms with E-state index in [9.17, 15) is 9.59 Å². The molecule has 6 nitrogen and oxygen atoms in total. The molecule has 0 bridgehead atoms. The van der Waals surface area contributed by atoms with Crippen LogP contribution in [0, 0.1) is 5.92 Å². The van der Waals surface area contributed by atoms with Crippen LogP contribution in [0.1, 0.15) is 49.9 Å². The minimum Gasteiger partial charge on any atom is -0.496 e. The number of carbonyl (C=O) groups excluding carboxylic acids is 2. The molecule has 0 radical (unpaired) electrons. The second-order valence-corrected chi connectivity index (χ2v) is 6.91. The molecule has 2 rings (SSSR count). The third-order valence-corrected chi connectivity index (χ3v) is 4.96. The summed E-state index contributed by atoms with van der Waals surface area (Å²) in [4.78, 5) is 24.7. The van der Waals surface area contributed by atoms with Gasteiger partial charge in [0.25, 0.3) is 5.91 Å². The highest BCUT2D eigenvalue weighted by Gasteiger charge is 2.27. The maximum atomic E-state index is 12.4. The Kier molecular flexibility index (Phi) is 6.53. The van der Waals surface area contributed by atoms with Crippen LogP contribution in [-0.4, -0.2) is 31.1 Å². The van der Waals surface area contributed by atoms with E-state index in [1.807, 2.05) is 0 Å². The summed E-state index contributed by atoms with van der Waals surface area (Å²) in [6, 6.07) is 2.96. The second-order valence-electron chi connectivity index (χ2n) is 6.50. The molecule has 0 heterocycles. The minimum atomic E-state index is -0.914. The number of nitrogens with one attached hydrogen (secondary N) is 1. The van der Waals surface area contributed by atoms with Crippen LogP contribution in [0.5, 0.6) is 5.75 Å². The van der Waals surface area contributed by atoms with Crippen LogP contribution >= 0.6 is 11.6 Å². The molecule has 1 aliphatic carbocycles. The Labute approximate surface area is 153 Å². The van der Waals surface area contributed by atoms with Crippen LogP contribution in [0.4, 0.5) is 5.69 Å². The van der Waals surface area contributed by atoms with E-state index in [-0.39, 0.29) is 28.3 Å². The normalized spacial score (nSPS) is 21.3. The van der Waals surface area contributed by atoms with E-state index in [1.54, 1.807) is 6.92 Å². The van der Waals surface area contributed by atoms with Crippen molar-refractivity contribution in [1.29, 1.82) is 0 Å². The molecule has 138 valence electrons. The smallest absolute Gasteiger partial charge is 0.342 e. The highest BCUT2D eigenvalue weighted by Crippen LogP contribution is 2.29. The lowest BCUT2D eigenvalue weighted by atomic mass is 9.86. The first kappa shape index (κ1) is 19.4. The van der Waals surface area contributed by atoms with Gasteiger partial charge in [0.05, 0.1) is 17.8 Å². The highest BCUT2D eigenvalue weighted by molar-refractivity contribution is 6.33. The third-order valence-electron chi connectivity index (χ3n) is 4.63. The van der Waals surface area contributed by atoms with Crippen molar-refractivity contribution < 1.29 is 19.1 Å². The standard InChI is InChI=1S/C18H25ClN2O4/c1-10-6-4-5-7-15(10)21-17(22)11(2)25-18(23)12-8-13(19)14(20)9-16(12)24-3/h8-11,15H,4-7,20H2,1-3H3,(H,21,22)/t10-,11+,15-/m0/s1. The highest BCUT2D eigenvalue weighted by atomic mass is 35.5. The van der Waals surface area contributed by atoms with Crippen molar-refractivity contribution in [3.8, 4) is 5.75 Å². The fraction of sp³-hybridized carbons (Fsp3) is 0.556. The Hall–Kier alpha value is -1.95. The molecule has 0 unspecified atom stereocenters. The molecule has 1 aliphatic rings. The van der Waals surface area contributed by atoms with Gasteiger partial charge in [0.1, 0.15) is 11.3 Å². The summed E-state index contributed by atoms with van der Waals surface area (Å²) < 4.78 is 10.4. The number of esters is 1. The van der Waals surface area contributed by atoms with Crippen molar-refractivity contribution in [2.24, 2.45) is 5.92 Å². The summed E-state index contributed by atoms with van der Waals surface area (Å²) in [5.74, 6) is -0.303. The summed E-state index contributed by atoms with van der Waals surface area (Å²) in [6.45, 7) is 3.67. The zero-order valence-electron chi connectivity index (χ0n) is 14.8. The number of carbonyl (C=O) groups is 2. The quantitative estimate of drug-likeness (QED) is 0.615. The number of methoxy groups -OCH3 is 1. The van der Waals surface area contributed by atoms with Crippen molar-refractivity contribution in [3.05, 3.63) is 22.7 Å². The number of rotatable bonds is 5. The molecule has 1 aromatic rings. The molecule has 0 aliphatic heterocycles. The van der Waals surface area contributed by atoms with E-state index in [0.29, 0.717) is 11.6 Å². The van der Waals surface area contributed by atoms with Gasteiger partial charge in [-0.15, -0.1) is 0 Å². The van der Waals surface area contributed by atoms with Crippen molar-refractivity contribution in [2.45, 2.75) is 51.7 Å². The van der Waals surface area contributed by atoms with Crippen molar-refractivity contribution in [2.75, 3.05) is 12.8 Å².